The first-order valence-corrected chi connectivity index (χ1v) is 6.07. The Morgan fingerprint density at radius 3 is 2.36 bits per heavy atom. The van der Waals surface area contributed by atoms with Crippen molar-refractivity contribution in [2.24, 2.45) is 11.8 Å². The summed E-state index contributed by atoms with van der Waals surface area (Å²) in [5, 5.41) is 3.67. The second-order valence-corrected chi connectivity index (χ2v) is 4.93. The largest absolute Gasteiger partial charge is 0.314 e. The van der Waals surface area contributed by atoms with Gasteiger partial charge in [-0.05, 0) is 51.0 Å². The average molecular weight is 195 g/mol. The number of allylic oxidation sites excluding steroid dienone is 1. The summed E-state index contributed by atoms with van der Waals surface area (Å²) in [6.07, 6.45) is 9.72. The molecule has 1 rings (SSSR count). The molecule has 82 valence electrons. The fraction of sp³-hybridized carbons (Fsp3) is 0.846. The van der Waals surface area contributed by atoms with E-state index in [-0.39, 0.29) is 0 Å². The van der Waals surface area contributed by atoms with E-state index in [0.29, 0.717) is 0 Å². The molecule has 0 spiro atoms. The fourth-order valence-electron chi connectivity index (χ4n) is 2.65. The zero-order valence-electron chi connectivity index (χ0n) is 9.92. The molecular formula is C13H25N. The van der Waals surface area contributed by atoms with Crippen LogP contribution in [-0.4, -0.2) is 12.6 Å². The van der Waals surface area contributed by atoms with Crippen molar-refractivity contribution in [2.45, 2.75) is 52.5 Å². The zero-order valence-corrected chi connectivity index (χ0v) is 9.92. The molecule has 0 amide bonds. The average Bonchev–Trinajstić information content (AvgIpc) is 2.11. The van der Waals surface area contributed by atoms with Crippen LogP contribution in [0, 0.1) is 11.8 Å². The molecule has 1 N–H and O–H groups in total. The van der Waals surface area contributed by atoms with Gasteiger partial charge in [0.1, 0.15) is 0 Å². The maximum absolute atomic E-state index is 3.67. The monoisotopic (exact) mass is 195 g/mol. The van der Waals surface area contributed by atoms with E-state index in [2.05, 4.69) is 38.2 Å². The van der Waals surface area contributed by atoms with Crippen molar-refractivity contribution in [1.82, 2.24) is 5.32 Å². The van der Waals surface area contributed by atoms with Crippen LogP contribution in [0.15, 0.2) is 12.2 Å². The van der Waals surface area contributed by atoms with Gasteiger partial charge in [0.2, 0.25) is 0 Å². The molecule has 0 aromatic heterocycles. The molecule has 0 aliphatic heterocycles. The molecule has 1 saturated carbocycles. The lowest BCUT2D eigenvalue weighted by molar-refractivity contribution is 0.240. The molecule has 1 heteroatoms. The van der Waals surface area contributed by atoms with Gasteiger partial charge in [0.05, 0.1) is 0 Å². The Morgan fingerprint density at radius 2 is 1.79 bits per heavy atom. The second kappa shape index (κ2) is 6.23. The summed E-state index contributed by atoms with van der Waals surface area (Å²) in [7, 11) is 0. The van der Waals surface area contributed by atoms with Crippen LogP contribution in [0.25, 0.3) is 0 Å². The van der Waals surface area contributed by atoms with Crippen LogP contribution in [0.1, 0.15) is 46.5 Å². The van der Waals surface area contributed by atoms with Gasteiger partial charge < -0.3 is 5.32 Å². The summed E-state index contributed by atoms with van der Waals surface area (Å²) in [4.78, 5) is 0. The smallest absolute Gasteiger partial charge is 0.00722 e. The molecule has 2 atom stereocenters. The molecule has 0 heterocycles. The van der Waals surface area contributed by atoms with E-state index in [9.17, 15) is 0 Å². The molecule has 1 fully saturated rings. The molecule has 14 heavy (non-hydrogen) atoms. The Hall–Kier alpha value is -0.300. The molecule has 0 aromatic carbocycles. The third-order valence-electron chi connectivity index (χ3n) is 3.16. The lowest BCUT2D eigenvalue weighted by atomic mass is 9.80. The molecule has 0 bridgehead atoms. The lowest BCUT2D eigenvalue weighted by Gasteiger charge is -2.32. The van der Waals surface area contributed by atoms with Gasteiger partial charge in [-0.2, -0.15) is 0 Å². The molecule has 0 aromatic rings. The first kappa shape index (κ1) is 11.8. The van der Waals surface area contributed by atoms with Gasteiger partial charge in [-0.15, -0.1) is 0 Å². The summed E-state index contributed by atoms with van der Waals surface area (Å²) in [6.45, 7) is 8.01. The van der Waals surface area contributed by atoms with Gasteiger partial charge in [0, 0.05) is 6.04 Å². The van der Waals surface area contributed by atoms with Crippen molar-refractivity contribution in [2.75, 3.05) is 6.54 Å². The van der Waals surface area contributed by atoms with Crippen LogP contribution < -0.4 is 5.32 Å². The van der Waals surface area contributed by atoms with Crippen molar-refractivity contribution >= 4 is 0 Å². The van der Waals surface area contributed by atoms with E-state index in [4.69, 9.17) is 0 Å². The molecule has 1 aliphatic carbocycles. The van der Waals surface area contributed by atoms with Crippen LogP contribution in [0.3, 0.4) is 0 Å². The predicted molar refractivity (Wildman–Crippen MR) is 63.4 cm³/mol. The SMILES string of the molecule is C/C=C/CCNC1CC(C)CC(C)C1. The highest BCUT2D eigenvalue weighted by molar-refractivity contribution is 4.82. The Balaban J connectivity index is 2.16. The van der Waals surface area contributed by atoms with Gasteiger partial charge >= 0.3 is 0 Å². The van der Waals surface area contributed by atoms with Crippen LogP contribution >= 0.6 is 0 Å². The topological polar surface area (TPSA) is 12.0 Å². The highest BCUT2D eigenvalue weighted by Gasteiger charge is 2.22. The minimum Gasteiger partial charge on any atom is -0.314 e. The van der Waals surface area contributed by atoms with E-state index in [0.717, 1.165) is 24.4 Å². The van der Waals surface area contributed by atoms with Crippen LogP contribution in [-0.2, 0) is 0 Å². The maximum atomic E-state index is 3.67. The van der Waals surface area contributed by atoms with E-state index in [1.807, 2.05) is 0 Å². The van der Waals surface area contributed by atoms with Crippen molar-refractivity contribution in [1.29, 1.82) is 0 Å². The third-order valence-corrected chi connectivity index (χ3v) is 3.16. The Labute approximate surface area is 89.0 Å². The highest BCUT2D eigenvalue weighted by atomic mass is 14.9. The first-order chi connectivity index (χ1) is 6.72. The van der Waals surface area contributed by atoms with Crippen LogP contribution in [0.5, 0.6) is 0 Å². The van der Waals surface area contributed by atoms with Gasteiger partial charge in [-0.25, -0.2) is 0 Å². The van der Waals surface area contributed by atoms with Crippen molar-refractivity contribution < 1.29 is 0 Å². The molecule has 0 radical (unpaired) electrons. The summed E-state index contributed by atoms with van der Waals surface area (Å²) in [5.74, 6) is 1.83. The van der Waals surface area contributed by atoms with Gasteiger partial charge in [-0.1, -0.05) is 26.0 Å². The van der Waals surface area contributed by atoms with Crippen molar-refractivity contribution in [3.8, 4) is 0 Å². The fourth-order valence-corrected chi connectivity index (χ4v) is 2.65. The minimum atomic E-state index is 0.777. The third kappa shape index (κ3) is 4.28. The Morgan fingerprint density at radius 1 is 1.14 bits per heavy atom. The zero-order chi connectivity index (χ0) is 10.4. The summed E-state index contributed by atoms with van der Waals surface area (Å²) < 4.78 is 0. The normalized spacial score (nSPS) is 33.8. The summed E-state index contributed by atoms with van der Waals surface area (Å²) >= 11 is 0. The predicted octanol–water partition coefficient (Wildman–Crippen LogP) is 3.37. The van der Waals surface area contributed by atoms with E-state index in [1.165, 1.54) is 25.7 Å². The second-order valence-electron chi connectivity index (χ2n) is 4.93. The van der Waals surface area contributed by atoms with Crippen LogP contribution in [0.2, 0.25) is 0 Å². The Kier molecular flexibility index (Phi) is 5.24. The van der Waals surface area contributed by atoms with Crippen molar-refractivity contribution in [3.05, 3.63) is 12.2 Å². The maximum Gasteiger partial charge on any atom is 0.00722 e. The van der Waals surface area contributed by atoms with Gasteiger partial charge in [-0.3, -0.25) is 0 Å². The van der Waals surface area contributed by atoms with E-state index < -0.39 is 0 Å². The number of nitrogens with one attached hydrogen (secondary N) is 1. The minimum absolute atomic E-state index is 0.777. The standard InChI is InChI=1S/C13H25N/c1-4-5-6-7-14-13-9-11(2)8-12(3)10-13/h4-5,11-14H,6-10H2,1-3H3/b5-4+. The van der Waals surface area contributed by atoms with Crippen molar-refractivity contribution in [3.63, 3.8) is 0 Å². The lowest BCUT2D eigenvalue weighted by Crippen LogP contribution is -2.36. The van der Waals surface area contributed by atoms with Gasteiger partial charge in [0.25, 0.3) is 0 Å². The molecule has 0 saturated heterocycles. The highest BCUT2D eigenvalue weighted by Crippen LogP contribution is 2.28. The summed E-state index contributed by atoms with van der Waals surface area (Å²) in [6, 6.07) is 0.777. The molecule has 1 nitrogen and oxygen atoms in total. The number of rotatable bonds is 4. The number of hydrogen-bond donors (Lipinski definition) is 1. The quantitative estimate of drug-likeness (QED) is 0.536. The Bertz CT molecular complexity index is 164. The van der Waals surface area contributed by atoms with E-state index in [1.54, 1.807) is 0 Å². The van der Waals surface area contributed by atoms with Gasteiger partial charge in [0.15, 0.2) is 0 Å². The summed E-state index contributed by atoms with van der Waals surface area (Å²) in [5.41, 5.74) is 0. The number of hydrogen-bond acceptors (Lipinski definition) is 1. The molecule has 2 unspecified atom stereocenters. The molecule has 1 aliphatic rings. The van der Waals surface area contributed by atoms with Crippen LogP contribution in [0.4, 0.5) is 0 Å². The van der Waals surface area contributed by atoms with E-state index >= 15 is 0 Å². The molecular weight excluding hydrogens is 170 g/mol. The first-order valence-electron chi connectivity index (χ1n) is 6.07.